The van der Waals surface area contributed by atoms with Gasteiger partial charge in [0.25, 0.3) is 0 Å². The highest BCUT2D eigenvalue weighted by molar-refractivity contribution is 5.76. The number of carbonyl (C=O) groups is 1. The number of hydrogen-bond donors (Lipinski definition) is 1. The maximum atomic E-state index is 11.5. The minimum atomic E-state index is 0.193. The van der Waals surface area contributed by atoms with Crippen LogP contribution >= 0.6 is 0 Å². The normalized spacial score (nSPS) is 23.9. The van der Waals surface area contributed by atoms with E-state index in [-0.39, 0.29) is 11.9 Å². The zero-order valence-electron chi connectivity index (χ0n) is 9.55. The zero-order chi connectivity index (χ0) is 10.6. The third-order valence-electron chi connectivity index (χ3n) is 2.79. The number of amides is 1. The maximum Gasteiger partial charge on any atom is 0.221 e. The predicted molar refractivity (Wildman–Crippen MR) is 58.2 cm³/mol. The van der Waals surface area contributed by atoms with Crippen LogP contribution in [0.5, 0.6) is 0 Å². The Morgan fingerprint density at radius 2 is 2.21 bits per heavy atom. The minimum Gasteiger partial charge on any atom is -0.354 e. The largest absolute Gasteiger partial charge is 0.354 e. The monoisotopic (exact) mass is 198 g/mol. The van der Waals surface area contributed by atoms with Crippen LogP contribution in [0.1, 0.15) is 39.5 Å². The molecule has 1 heterocycles. The molecule has 1 amide bonds. The fourth-order valence-corrected chi connectivity index (χ4v) is 2.00. The Morgan fingerprint density at radius 1 is 1.50 bits per heavy atom. The van der Waals surface area contributed by atoms with E-state index in [1.807, 2.05) is 13.8 Å². The molecule has 0 aliphatic carbocycles. The molecule has 1 rings (SSSR count). The van der Waals surface area contributed by atoms with Crippen LogP contribution in [0.3, 0.4) is 0 Å². The first-order valence-electron chi connectivity index (χ1n) is 5.59. The van der Waals surface area contributed by atoms with Crippen LogP contribution < -0.4 is 5.32 Å². The van der Waals surface area contributed by atoms with E-state index in [0.717, 1.165) is 6.54 Å². The molecule has 1 atom stereocenters. The Balaban J connectivity index is 2.31. The molecule has 0 radical (unpaired) electrons. The van der Waals surface area contributed by atoms with Gasteiger partial charge >= 0.3 is 0 Å². The summed E-state index contributed by atoms with van der Waals surface area (Å²) in [7, 11) is 2.12. The van der Waals surface area contributed by atoms with Gasteiger partial charge in [0.1, 0.15) is 0 Å². The standard InChI is InChI=1S/C11H22N2O/c1-9(2)12-11(14)8-10-6-4-5-7-13(10)3/h9-10H,4-8H2,1-3H3,(H,12,14). The summed E-state index contributed by atoms with van der Waals surface area (Å²) in [5, 5.41) is 2.94. The number of carbonyl (C=O) groups excluding carboxylic acids is 1. The Morgan fingerprint density at radius 3 is 2.79 bits per heavy atom. The lowest BCUT2D eigenvalue weighted by atomic mass is 10.00. The van der Waals surface area contributed by atoms with E-state index in [1.54, 1.807) is 0 Å². The maximum absolute atomic E-state index is 11.5. The second-order valence-corrected chi connectivity index (χ2v) is 4.56. The van der Waals surface area contributed by atoms with E-state index in [2.05, 4.69) is 17.3 Å². The van der Waals surface area contributed by atoms with Crippen molar-refractivity contribution in [3.63, 3.8) is 0 Å². The lowest BCUT2D eigenvalue weighted by Gasteiger charge is -2.32. The molecule has 0 spiro atoms. The molecule has 0 saturated carbocycles. The van der Waals surface area contributed by atoms with Gasteiger partial charge in [0.2, 0.25) is 5.91 Å². The fourth-order valence-electron chi connectivity index (χ4n) is 2.00. The van der Waals surface area contributed by atoms with Crippen LogP contribution in [0.25, 0.3) is 0 Å². The molecule has 1 N–H and O–H groups in total. The third kappa shape index (κ3) is 3.66. The quantitative estimate of drug-likeness (QED) is 0.743. The molecule has 1 fully saturated rings. The summed E-state index contributed by atoms with van der Waals surface area (Å²) >= 11 is 0. The van der Waals surface area contributed by atoms with Gasteiger partial charge in [0.05, 0.1) is 0 Å². The summed E-state index contributed by atoms with van der Waals surface area (Å²) in [5.41, 5.74) is 0. The molecular formula is C11H22N2O. The Bertz CT molecular complexity index is 192. The van der Waals surface area contributed by atoms with E-state index in [1.165, 1.54) is 19.3 Å². The predicted octanol–water partition coefficient (Wildman–Crippen LogP) is 1.39. The number of piperidine rings is 1. The topological polar surface area (TPSA) is 32.3 Å². The van der Waals surface area contributed by atoms with Gasteiger partial charge in [-0.05, 0) is 40.3 Å². The molecule has 82 valence electrons. The van der Waals surface area contributed by atoms with Crippen LogP contribution in [0.2, 0.25) is 0 Å². The van der Waals surface area contributed by atoms with Crippen molar-refractivity contribution in [2.24, 2.45) is 0 Å². The molecule has 1 aliphatic rings. The first-order chi connectivity index (χ1) is 6.59. The Hall–Kier alpha value is -0.570. The van der Waals surface area contributed by atoms with Crippen molar-refractivity contribution in [1.29, 1.82) is 0 Å². The van der Waals surface area contributed by atoms with Crippen molar-refractivity contribution >= 4 is 5.91 Å². The molecule has 1 saturated heterocycles. The highest BCUT2D eigenvalue weighted by atomic mass is 16.1. The van der Waals surface area contributed by atoms with Crippen LogP contribution in [-0.4, -0.2) is 36.5 Å². The highest BCUT2D eigenvalue weighted by Crippen LogP contribution is 2.17. The first-order valence-corrected chi connectivity index (χ1v) is 5.59. The number of rotatable bonds is 3. The van der Waals surface area contributed by atoms with Crippen molar-refractivity contribution in [1.82, 2.24) is 10.2 Å². The van der Waals surface area contributed by atoms with E-state index in [0.29, 0.717) is 12.5 Å². The number of hydrogen-bond acceptors (Lipinski definition) is 2. The van der Waals surface area contributed by atoms with Gasteiger partial charge in [-0.2, -0.15) is 0 Å². The third-order valence-corrected chi connectivity index (χ3v) is 2.79. The molecule has 1 unspecified atom stereocenters. The van der Waals surface area contributed by atoms with Crippen LogP contribution in [0.4, 0.5) is 0 Å². The van der Waals surface area contributed by atoms with Crippen LogP contribution in [0, 0.1) is 0 Å². The van der Waals surface area contributed by atoms with Crippen LogP contribution in [0.15, 0.2) is 0 Å². The fraction of sp³-hybridized carbons (Fsp3) is 0.909. The van der Waals surface area contributed by atoms with Crippen molar-refractivity contribution in [2.75, 3.05) is 13.6 Å². The molecule has 0 aromatic heterocycles. The SMILES string of the molecule is CC(C)NC(=O)CC1CCCCN1C. The van der Waals surface area contributed by atoms with Crippen molar-refractivity contribution in [3.05, 3.63) is 0 Å². The summed E-state index contributed by atoms with van der Waals surface area (Å²) in [6, 6.07) is 0.721. The number of nitrogens with zero attached hydrogens (tertiary/aromatic N) is 1. The zero-order valence-corrected chi connectivity index (χ0v) is 9.55. The molecule has 14 heavy (non-hydrogen) atoms. The lowest BCUT2D eigenvalue weighted by molar-refractivity contribution is -0.123. The molecule has 3 heteroatoms. The van der Waals surface area contributed by atoms with E-state index >= 15 is 0 Å². The average molecular weight is 198 g/mol. The molecule has 0 aromatic carbocycles. The minimum absolute atomic E-state index is 0.193. The van der Waals surface area contributed by atoms with Crippen molar-refractivity contribution in [2.45, 2.75) is 51.6 Å². The van der Waals surface area contributed by atoms with Crippen LogP contribution in [-0.2, 0) is 4.79 Å². The molecule has 3 nitrogen and oxygen atoms in total. The summed E-state index contributed by atoms with van der Waals surface area (Å²) in [6.07, 6.45) is 4.37. The van der Waals surface area contributed by atoms with Gasteiger partial charge in [-0.3, -0.25) is 4.79 Å². The first kappa shape index (κ1) is 11.5. The highest BCUT2D eigenvalue weighted by Gasteiger charge is 2.21. The lowest BCUT2D eigenvalue weighted by Crippen LogP contribution is -2.41. The van der Waals surface area contributed by atoms with Gasteiger partial charge < -0.3 is 10.2 Å². The van der Waals surface area contributed by atoms with Gasteiger partial charge in [0.15, 0.2) is 0 Å². The molecule has 0 aromatic rings. The summed E-state index contributed by atoms with van der Waals surface area (Å²) < 4.78 is 0. The summed E-state index contributed by atoms with van der Waals surface area (Å²) in [5.74, 6) is 0.193. The van der Waals surface area contributed by atoms with Crippen molar-refractivity contribution < 1.29 is 4.79 Å². The van der Waals surface area contributed by atoms with Gasteiger partial charge in [-0.15, -0.1) is 0 Å². The van der Waals surface area contributed by atoms with Gasteiger partial charge in [-0.1, -0.05) is 6.42 Å². The van der Waals surface area contributed by atoms with Gasteiger partial charge in [-0.25, -0.2) is 0 Å². The molecule has 1 aliphatic heterocycles. The van der Waals surface area contributed by atoms with Gasteiger partial charge in [0, 0.05) is 18.5 Å². The second-order valence-electron chi connectivity index (χ2n) is 4.56. The number of likely N-dealkylation sites (tertiary alicyclic amines) is 1. The van der Waals surface area contributed by atoms with E-state index in [4.69, 9.17) is 0 Å². The molecular weight excluding hydrogens is 176 g/mol. The number of nitrogens with one attached hydrogen (secondary N) is 1. The van der Waals surface area contributed by atoms with E-state index < -0.39 is 0 Å². The summed E-state index contributed by atoms with van der Waals surface area (Å²) in [6.45, 7) is 5.14. The second kappa shape index (κ2) is 5.35. The summed E-state index contributed by atoms with van der Waals surface area (Å²) in [4.78, 5) is 13.8. The molecule has 0 bridgehead atoms. The van der Waals surface area contributed by atoms with Crippen molar-refractivity contribution in [3.8, 4) is 0 Å². The Kier molecular flexibility index (Phi) is 4.39. The smallest absolute Gasteiger partial charge is 0.221 e. The average Bonchev–Trinajstić information content (AvgIpc) is 2.07. The van der Waals surface area contributed by atoms with E-state index in [9.17, 15) is 4.79 Å². The Labute approximate surface area is 86.9 Å².